The first-order valence-electron chi connectivity index (χ1n) is 10.4. The summed E-state index contributed by atoms with van der Waals surface area (Å²) < 4.78 is 21.7. The summed E-state index contributed by atoms with van der Waals surface area (Å²) in [5.41, 5.74) is 0.559. The van der Waals surface area contributed by atoms with Crippen molar-refractivity contribution in [2.45, 2.75) is 45.5 Å². The molecule has 4 atom stereocenters. The van der Waals surface area contributed by atoms with E-state index in [1.807, 2.05) is 13.8 Å². The zero-order chi connectivity index (χ0) is 22.7. The second kappa shape index (κ2) is 9.55. The molecule has 0 spiro atoms. The fourth-order valence-corrected chi connectivity index (χ4v) is 4.04. The van der Waals surface area contributed by atoms with Crippen LogP contribution in [0.15, 0.2) is 18.2 Å². The molecule has 0 aromatic heterocycles. The molecule has 1 aromatic rings. The topological polar surface area (TPSA) is 94.6 Å². The summed E-state index contributed by atoms with van der Waals surface area (Å²) in [5.74, 6) is -0.604. The van der Waals surface area contributed by atoms with Crippen molar-refractivity contribution in [1.29, 1.82) is 0 Å². The van der Waals surface area contributed by atoms with Crippen LogP contribution >= 0.6 is 0 Å². The van der Waals surface area contributed by atoms with Gasteiger partial charge in [0.1, 0.15) is 11.5 Å². The lowest BCUT2D eigenvalue weighted by Crippen LogP contribution is -2.51. The highest BCUT2D eigenvalue weighted by Gasteiger charge is 2.39. The fraction of sp³-hybridized carbons (Fsp3) is 0.591. The molecular formula is C22H30N2O7. The minimum Gasteiger partial charge on any atom is -0.497 e. The number of rotatable bonds is 6. The number of morpholine rings is 1. The summed E-state index contributed by atoms with van der Waals surface area (Å²) in [6, 6.07) is 5.12. The quantitative estimate of drug-likeness (QED) is 0.628. The standard InChI is InChI=1S/C22H30N2O7/c1-13-10-23(11-14(2)30-13)21(26)15(3)31-22(27)16-8-20(25)24(12-16)18-7-6-17(28-4)9-19(18)29-5/h6-7,9,13-16H,8,10-12H2,1-5H3/t13-,14+,15-,16+/m0/s1. The van der Waals surface area contributed by atoms with E-state index < -0.39 is 18.0 Å². The Morgan fingerprint density at radius 3 is 2.39 bits per heavy atom. The Bertz CT molecular complexity index is 833. The van der Waals surface area contributed by atoms with Gasteiger partial charge in [-0.3, -0.25) is 14.4 Å². The first-order chi connectivity index (χ1) is 14.7. The minimum atomic E-state index is -0.926. The van der Waals surface area contributed by atoms with Crippen molar-refractivity contribution < 1.29 is 33.3 Å². The molecule has 2 aliphatic heterocycles. The summed E-state index contributed by atoms with van der Waals surface area (Å²) in [6.07, 6.45) is -1.06. The van der Waals surface area contributed by atoms with Crippen molar-refractivity contribution in [2.75, 3.05) is 38.8 Å². The van der Waals surface area contributed by atoms with Gasteiger partial charge in [0.25, 0.3) is 5.91 Å². The number of anilines is 1. The Morgan fingerprint density at radius 1 is 1.10 bits per heavy atom. The normalized spacial score (nSPS) is 24.7. The lowest BCUT2D eigenvalue weighted by Gasteiger charge is -2.36. The Morgan fingerprint density at radius 2 is 1.77 bits per heavy atom. The Hall–Kier alpha value is -2.81. The van der Waals surface area contributed by atoms with E-state index in [4.69, 9.17) is 18.9 Å². The van der Waals surface area contributed by atoms with E-state index in [0.717, 1.165) is 0 Å². The lowest BCUT2D eigenvalue weighted by molar-refractivity contribution is -0.166. The highest BCUT2D eigenvalue weighted by Crippen LogP contribution is 2.36. The molecule has 31 heavy (non-hydrogen) atoms. The van der Waals surface area contributed by atoms with E-state index in [1.165, 1.54) is 12.0 Å². The molecule has 9 heteroatoms. The van der Waals surface area contributed by atoms with Crippen molar-refractivity contribution in [3.63, 3.8) is 0 Å². The van der Waals surface area contributed by atoms with Gasteiger partial charge in [-0.25, -0.2) is 0 Å². The average molecular weight is 434 g/mol. The van der Waals surface area contributed by atoms with Crippen molar-refractivity contribution >= 4 is 23.5 Å². The number of nitrogens with zero attached hydrogens (tertiary/aromatic N) is 2. The van der Waals surface area contributed by atoms with Crippen LogP contribution in [0.3, 0.4) is 0 Å². The largest absolute Gasteiger partial charge is 0.497 e. The summed E-state index contributed by atoms with van der Waals surface area (Å²) >= 11 is 0. The van der Waals surface area contributed by atoms with Gasteiger partial charge >= 0.3 is 5.97 Å². The fourth-order valence-electron chi connectivity index (χ4n) is 4.04. The Labute approximate surface area is 182 Å². The van der Waals surface area contributed by atoms with Crippen LogP contribution in [0.4, 0.5) is 5.69 Å². The van der Waals surface area contributed by atoms with Gasteiger partial charge < -0.3 is 28.7 Å². The van der Waals surface area contributed by atoms with Gasteiger partial charge in [-0.1, -0.05) is 0 Å². The van der Waals surface area contributed by atoms with Gasteiger partial charge in [0, 0.05) is 32.1 Å². The van der Waals surface area contributed by atoms with Gasteiger partial charge in [-0.05, 0) is 32.9 Å². The summed E-state index contributed by atoms with van der Waals surface area (Å²) in [6.45, 7) is 6.44. The molecule has 0 unspecified atom stereocenters. The second-order valence-electron chi connectivity index (χ2n) is 8.02. The van der Waals surface area contributed by atoms with E-state index in [9.17, 15) is 14.4 Å². The molecule has 2 fully saturated rings. The van der Waals surface area contributed by atoms with E-state index in [0.29, 0.717) is 30.3 Å². The molecule has 170 valence electrons. The molecule has 0 saturated carbocycles. The van der Waals surface area contributed by atoms with E-state index >= 15 is 0 Å². The van der Waals surface area contributed by atoms with Crippen LogP contribution in [0.1, 0.15) is 27.2 Å². The molecule has 0 bridgehead atoms. The molecule has 3 rings (SSSR count). The first kappa shape index (κ1) is 22.9. The van der Waals surface area contributed by atoms with Crippen LogP contribution in [0.5, 0.6) is 11.5 Å². The predicted octanol–water partition coefficient (Wildman–Crippen LogP) is 1.62. The maximum atomic E-state index is 12.7. The molecule has 2 aliphatic rings. The van der Waals surface area contributed by atoms with Gasteiger partial charge in [-0.15, -0.1) is 0 Å². The molecule has 0 aliphatic carbocycles. The molecule has 2 amide bonds. The predicted molar refractivity (Wildman–Crippen MR) is 112 cm³/mol. The molecule has 1 aromatic carbocycles. The summed E-state index contributed by atoms with van der Waals surface area (Å²) in [7, 11) is 3.05. The number of carbonyl (C=O) groups is 3. The number of methoxy groups -OCH3 is 2. The zero-order valence-corrected chi connectivity index (χ0v) is 18.6. The van der Waals surface area contributed by atoms with Crippen LogP contribution < -0.4 is 14.4 Å². The van der Waals surface area contributed by atoms with E-state index in [-0.39, 0.29) is 37.0 Å². The molecule has 2 heterocycles. The Kier molecular flexibility index (Phi) is 7.04. The molecule has 9 nitrogen and oxygen atoms in total. The molecular weight excluding hydrogens is 404 g/mol. The average Bonchev–Trinajstić information content (AvgIpc) is 3.13. The highest BCUT2D eigenvalue weighted by atomic mass is 16.5. The third-order valence-electron chi connectivity index (χ3n) is 5.51. The third kappa shape index (κ3) is 5.10. The van der Waals surface area contributed by atoms with E-state index in [2.05, 4.69) is 0 Å². The van der Waals surface area contributed by atoms with Crippen molar-refractivity contribution in [3.8, 4) is 11.5 Å². The maximum Gasteiger partial charge on any atom is 0.312 e. The molecule has 2 saturated heterocycles. The van der Waals surface area contributed by atoms with Crippen LogP contribution in [-0.4, -0.2) is 74.8 Å². The molecule has 0 N–H and O–H groups in total. The number of hydrogen-bond acceptors (Lipinski definition) is 7. The smallest absolute Gasteiger partial charge is 0.312 e. The molecule has 0 radical (unpaired) electrons. The lowest BCUT2D eigenvalue weighted by atomic mass is 10.1. The Balaban J connectivity index is 1.63. The van der Waals surface area contributed by atoms with Crippen LogP contribution in [0.25, 0.3) is 0 Å². The van der Waals surface area contributed by atoms with Crippen LogP contribution in [0.2, 0.25) is 0 Å². The minimum absolute atomic E-state index is 0.0144. The van der Waals surface area contributed by atoms with Crippen LogP contribution in [0, 0.1) is 5.92 Å². The van der Waals surface area contributed by atoms with Gasteiger partial charge in [0.05, 0.1) is 38.0 Å². The third-order valence-corrected chi connectivity index (χ3v) is 5.51. The zero-order valence-electron chi connectivity index (χ0n) is 18.6. The maximum absolute atomic E-state index is 12.7. The second-order valence-corrected chi connectivity index (χ2v) is 8.02. The van der Waals surface area contributed by atoms with E-state index in [1.54, 1.807) is 37.1 Å². The summed E-state index contributed by atoms with van der Waals surface area (Å²) in [4.78, 5) is 41.2. The van der Waals surface area contributed by atoms with Crippen molar-refractivity contribution in [3.05, 3.63) is 18.2 Å². The number of carbonyl (C=O) groups excluding carboxylic acids is 3. The SMILES string of the molecule is COc1ccc(N2C[C@H](C(=O)O[C@@H](C)C(=O)N3C[C@@H](C)O[C@@H](C)C3)CC2=O)c(OC)c1. The summed E-state index contributed by atoms with van der Waals surface area (Å²) in [5, 5.41) is 0. The number of ether oxygens (including phenoxy) is 4. The van der Waals surface area contributed by atoms with Crippen LogP contribution in [-0.2, 0) is 23.9 Å². The van der Waals surface area contributed by atoms with Crippen molar-refractivity contribution in [2.24, 2.45) is 5.92 Å². The van der Waals surface area contributed by atoms with Gasteiger partial charge in [0.2, 0.25) is 5.91 Å². The highest BCUT2D eigenvalue weighted by molar-refractivity contribution is 6.01. The number of benzene rings is 1. The van der Waals surface area contributed by atoms with Crippen molar-refractivity contribution in [1.82, 2.24) is 4.90 Å². The number of hydrogen-bond donors (Lipinski definition) is 0. The first-order valence-corrected chi connectivity index (χ1v) is 10.4. The van der Waals surface area contributed by atoms with Gasteiger partial charge in [0.15, 0.2) is 6.10 Å². The number of amides is 2. The van der Waals surface area contributed by atoms with Gasteiger partial charge in [-0.2, -0.15) is 0 Å². The number of esters is 1. The monoisotopic (exact) mass is 434 g/mol.